The van der Waals surface area contributed by atoms with Crippen LogP contribution in [0.3, 0.4) is 0 Å². The minimum Gasteiger partial charge on any atom is -0.423 e. The summed E-state index contributed by atoms with van der Waals surface area (Å²) >= 11 is 0. The first-order valence-corrected chi connectivity index (χ1v) is 8.23. The molecule has 0 fully saturated rings. The number of hydrogen-bond donors (Lipinski definition) is 0. The zero-order valence-electron chi connectivity index (χ0n) is 13.7. The van der Waals surface area contributed by atoms with Gasteiger partial charge in [0.2, 0.25) is 0 Å². The molecule has 0 saturated carbocycles. The Balaban J connectivity index is 1.69. The van der Waals surface area contributed by atoms with E-state index in [-0.39, 0.29) is 5.97 Å². The summed E-state index contributed by atoms with van der Waals surface area (Å²) in [6.45, 7) is 2.15. The number of carbonyl (C=O) groups excluding carboxylic acids is 1. The van der Waals surface area contributed by atoms with Crippen LogP contribution in [0.4, 0.5) is 0 Å². The Morgan fingerprint density at radius 1 is 0.792 bits per heavy atom. The molecule has 120 valence electrons. The largest absolute Gasteiger partial charge is 0.423 e. The molecule has 3 rings (SSSR count). The molecule has 2 nitrogen and oxygen atoms in total. The lowest BCUT2D eigenvalue weighted by atomic mass is 10.0. The van der Waals surface area contributed by atoms with E-state index in [4.69, 9.17) is 4.74 Å². The van der Waals surface area contributed by atoms with Crippen molar-refractivity contribution in [1.29, 1.82) is 0 Å². The predicted molar refractivity (Wildman–Crippen MR) is 97.3 cm³/mol. The van der Waals surface area contributed by atoms with E-state index in [2.05, 4.69) is 6.92 Å². The molecule has 0 aliphatic heterocycles. The lowest BCUT2D eigenvalue weighted by Gasteiger charge is -2.07. The number of carbonyl (C=O) groups is 1. The summed E-state index contributed by atoms with van der Waals surface area (Å²) < 4.78 is 5.44. The van der Waals surface area contributed by atoms with Gasteiger partial charge in [0.05, 0.1) is 5.56 Å². The van der Waals surface area contributed by atoms with Gasteiger partial charge in [0.15, 0.2) is 0 Å². The molecule has 0 aromatic heterocycles. The molecule has 3 aromatic rings. The van der Waals surface area contributed by atoms with Gasteiger partial charge in [-0.05, 0) is 47.4 Å². The second kappa shape index (κ2) is 7.60. The van der Waals surface area contributed by atoms with E-state index >= 15 is 0 Å². The number of esters is 1. The van der Waals surface area contributed by atoms with Crippen LogP contribution in [-0.2, 0) is 6.42 Å². The van der Waals surface area contributed by atoms with E-state index in [1.54, 1.807) is 12.1 Å². The van der Waals surface area contributed by atoms with Gasteiger partial charge >= 0.3 is 5.97 Å². The minimum absolute atomic E-state index is 0.335. The van der Waals surface area contributed by atoms with Crippen molar-refractivity contribution in [1.82, 2.24) is 0 Å². The lowest BCUT2D eigenvalue weighted by molar-refractivity contribution is 0.0735. The first kappa shape index (κ1) is 16.0. The molecule has 0 N–H and O–H groups in total. The molecule has 24 heavy (non-hydrogen) atoms. The topological polar surface area (TPSA) is 26.3 Å². The van der Waals surface area contributed by atoms with Crippen molar-refractivity contribution < 1.29 is 9.53 Å². The van der Waals surface area contributed by atoms with Crippen LogP contribution < -0.4 is 4.74 Å². The van der Waals surface area contributed by atoms with Crippen LogP contribution in [0.5, 0.6) is 5.75 Å². The van der Waals surface area contributed by atoms with E-state index < -0.39 is 0 Å². The van der Waals surface area contributed by atoms with Gasteiger partial charge in [0, 0.05) is 0 Å². The molecule has 3 aromatic carbocycles. The summed E-state index contributed by atoms with van der Waals surface area (Å²) in [5, 5.41) is 0. The normalized spacial score (nSPS) is 10.4. The van der Waals surface area contributed by atoms with Crippen LogP contribution >= 0.6 is 0 Å². The monoisotopic (exact) mass is 316 g/mol. The summed E-state index contributed by atoms with van der Waals surface area (Å²) in [6, 6.07) is 25.3. The molecule has 0 unspecified atom stereocenters. The van der Waals surface area contributed by atoms with Crippen LogP contribution in [0, 0.1) is 0 Å². The fraction of sp³-hybridized carbons (Fsp3) is 0.136. The molecule has 0 aliphatic carbocycles. The van der Waals surface area contributed by atoms with E-state index in [1.807, 2.05) is 66.7 Å². The van der Waals surface area contributed by atoms with Crippen molar-refractivity contribution in [2.24, 2.45) is 0 Å². The third-order valence-electron chi connectivity index (χ3n) is 3.90. The summed E-state index contributed by atoms with van der Waals surface area (Å²) in [5.74, 6) is 0.241. The standard InChI is InChI=1S/C22H20O2/c1-2-6-17-9-15-21(16-10-17)24-22(23)20-13-11-19(12-14-20)18-7-4-3-5-8-18/h3-5,7-16H,2,6H2,1H3. The predicted octanol–water partition coefficient (Wildman–Crippen LogP) is 5.53. The Bertz CT molecular complexity index is 788. The Morgan fingerprint density at radius 3 is 2.04 bits per heavy atom. The van der Waals surface area contributed by atoms with Crippen molar-refractivity contribution in [3.63, 3.8) is 0 Å². The fourth-order valence-corrected chi connectivity index (χ4v) is 2.61. The third kappa shape index (κ3) is 3.90. The molecule has 0 aliphatic rings. The first-order chi connectivity index (χ1) is 11.8. The van der Waals surface area contributed by atoms with E-state index in [0.717, 1.165) is 24.0 Å². The van der Waals surface area contributed by atoms with E-state index in [9.17, 15) is 4.79 Å². The highest BCUT2D eigenvalue weighted by Gasteiger charge is 2.09. The number of rotatable bonds is 5. The zero-order chi connectivity index (χ0) is 16.8. The average Bonchev–Trinajstić information content (AvgIpc) is 2.64. The van der Waals surface area contributed by atoms with Gasteiger partial charge in [-0.1, -0.05) is 67.9 Å². The second-order valence-corrected chi connectivity index (χ2v) is 5.73. The third-order valence-corrected chi connectivity index (χ3v) is 3.90. The number of aryl methyl sites for hydroxylation is 1. The Labute approximate surface area is 142 Å². The molecule has 0 atom stereocenters. The molecule has 0 spiro atoms. The Morgan fingerprint density at radius 2 is 1.42 bits per heavy atom. The number of benzene rings is 3. The molecule has 0 bridgehead atoms. The maximum absolute atomic E-state index is 12.3. The summed E-state index contributed by atoms with van der Waals surface area (Å²) in [4.78, 5) is 12.3. The molecular weight excluding hydrogens is 296 g/mol. The van der Waals surface area contributed by atoms with Crippen LogP contribution in [0.1, 0.15) is 29.3 Å². The quantitative estimate of drug-likeness (QED) is 0.457. The zero-order valence-corrected chi connectivity index (χ0v) is 13.7. The number of ether oxygens (including phenoxy) is 1. The van der Waals surface area contributed by atoms with Crippen LogP contribution in [0.2, 0.25) is 0 Å². The Hall–Kier alpha value is -2.87. The summed E-state index contributed by atoms with van der Waals surface area (Å²) in [5.41, 5.74) is 4.01. The lowest BCUT2D eigenvalue weighted by Crippen LogP contribution is -2.08. The van der Waals surface area contributed by atoms with Gasteiger partial charge in [-0.25, -0.2) is 4.79 Å². The number of hydrogen-bond acceptors (Lipinski definition) is 2. The molecule has 0 saturated heterocycles. The van der Waals surface area contributed by atoms with Crippen LogP contribution in [0.15, 0.2) is 78.9 Å². The highest BCUT2D eigenvalue weighted by atomic mass is 16.5. The van der Waals surface area contributed by atoms with Gasteiger partial charge in [0.25, 0.3) is 0 Å². The van der Waals surface area contributed by atoms with E-state index in [0.29, 0.717) is 11.3 Å². The summed E-state index contributed by atoms with van der Waals surface area (Å²) in [6.07, 6.45) is 2.14. The molecule has 0 heterocycles. The van der Waals surface area contributed by atoms with E-state index in [1.165, 1.54) is 5.56 Å². The van der Waals surface area contributed by atoms with Crippen LogP contribution in [-0.4, -0.2) is 5.97 Å². The smallest absolute Gasteiger partial charge is 0.343 e. The minimum atomic E-state index is -0.335. The maximum atomic E-state index is 12.3. The highest BCUT2D eigenvalue weighted by Crippen LogP contribution is 2.20. The van der Waals surface area contributed by atoms with Gasteiger partial charge in [0.1, 0.15) is 5.75 Å². The van der Waals surface area contributed by atoms with Crippen molar-refractivity contribution in [3.8, 4) is 16.9 Å². The van der Waals surface area contributed by atoms with Crippen molar-refractivity contribution >= 4 is 5.97 Å². The Kier molecular flexibility index (Phi) is 5.07. The maximum Gasteiger partial charge on any atom is 0.343 e. The summed E-state index contributed by atoms with van der Waals surface area (Å²) in [7, 11) is 0. The van der Waals surface area contributed by atoms with Gasteiger partial charge < -0.3 is 4.74 Å². The van der Waals surface area contributed by atoms with Crippen molar-refractivity contribution in [2.75, 3.05) is 0 Å². The first-order valence-electron chi connectivity index (χ1n) is 8.23. The fourth-order valence-electron chi connectivity index (χ4n) is 2.61. The molecular formula is C22H20O2. The van der Waals surface area contributed by atoms with Gasteiger partial charge in [-0.2, -0.15) is 0 Å². The highest BCUT2D eigenvalue weighted by molar-refractivity contribution is 5.91. The van der Waals surface area contributed by atoms with Crippen molar-refractivity contribution in [3.05, 3.63) is 90.0 Å². The van der Waals surface area contributed by atoms with Gasteiger partial charge in [-0.15, -0.1) is 0 Å². The second-order valence-electron chi connectivity index (χ2n) is 5.73. The van der Waals surface area contributed by atoms with Gasteiger partial charge in [-0.3, -0.25) is 0 Å². The van der Waals surface area contributed by atoms with Crippen molar-refractivity contribution in [2.45, 2.75) is 19.8 Å². The molecule has 0 amide bonds. The average molecular weight is 316 g/mol. The van der Waals surface area contributed by atoms with Crippen LogP contribution in [0.25, 0.3) is 11.1 Å². The molecule has 2 heteroatoms. The molecule has 0 radical (unpaired) electrons. The SMILES string of the molecule is CCCc1ccc(OC(=O)c2ccc(-c3ccccc3)cc2)cc1.